The normalized spacial score (nSPS) is 10.4. The number of hydrogen-bond donors (Lipinski definition) is 6. The summed E-state index contributed by atoms with van der Waals surface area (Å²) in [5, 5.41) is 24.6. The van der Waals surface area contributed by atoms with Crippen LogP contribution < -0.4 is 33.0 Å². The number of nitrogens with zero attached hydrogens (tertiary/aromatic N) is 3. The summed E-state index contributed by atoms with van der Waals surface area (Å²) in [7, 11) is 1.36. The molecule has 0 saturated carbocycles. The van der Waals surface area contributed by atoms with Crippen LogP contribution in [-0.2, 0) is 24.4 Å². The number of amides is 1. The number of benzene rings is 2. The maximum absolute atomic E-state index is 12.5. The first-order valence-electron chi connectivity index (χ1n) is 12.9. The van der Waals surface area contributed by atoms with Gasteiger partial charge in [-0.15, -0.1) is 0 Å². The second kappa shape index (κ2) is 14.4. The lowest BCUT2D eigenvalue weighted by Gasteiger charge is -2.11. The van der Waals surface area contributed by atoms with E-state index in [0.29, 0.717) is 12.1 Å². The van der Waals surface area contributed by atoms with Gasteiger partial charge in [0, 0.05) is 25.7 Å². The van der Waals surface area contributed by atoms with E-state index < -0.39 is 28.6 Å². The molecule has 8 N–H and O–H groups in total. The average molecular weight is 618 g/mol. The van der Waals surface area contributed by atoms with Gasteiger partial charge in [0.15, 0.2) is 0 Å². The number of carboxylic acid groups (broad SMARTS) is 1. The Labute approximate surface area is 255 Å². The molecule has 234 valence electrons. The van der Waals surface area contributed by atoms with E-state index in [1.807, 2.05) is 12.1 Å². The number of nitrogens with two attached hydrogens (primary N) is 2. The van der Waals surface area contributed by atoms with Crippen LogP contribution in [0.1, 0.15) is 55.5 Å². The van der Waals surface area contributed by atoms with E-state index >= 15 is 0 Å². The van der Waals surface area contributed by atoms with E-state index in [1.54, 1.807) is 36.4 Å². The lowest BCUT2D eigenvalue weighted by atomic mass is 10.1. The van der Waals surface area contributed by atoms with Crippen LogP contribution in [0.4, 0.5) is 11.4 Å². The van der Waals surface area contributed by atoms with Crippen LogP contribution in [0, 0.1) is 0 Å². The Hall–Kier alpha value is -6.09. The number of carbonyl (C=O) groups excluding carboxylic acids is 2. The molecule has 15 nitrogen and oxygen atoms in total. The molecule has 0 radical (unpaired) electrons. The molecule has 5 aromatic rings. The van der Waals surface area contributed by atoms with E-state index in [2.05, 4.69) is 25.3 Å². The molecule has 0 spiro atoms. The Morgan fingerprint density at radius 2 is 1.64 bits per heavy atom. The number of fused-ring (bicyclic) bond motifs is 1. The average Bonchev–Trinajstić information content (AvgIpc) is 3.43. The number of nitrogen functional groups attached to an aromatic ring is 1. The van der Waals surface area contributed by atoms with Gasteiger partial charge in [0.05, 0.1) is 18.9 Å². The third-order valence-corrected chi connectivity index (χ3v) is 6.38. The van der Waals surface area contributed by atoms with E-state index in [1.165, 1.54) is 7.11 Å². The SMILES string of the molecule is C.COC(=O)c1ccc(CN)cc1.Nc1c(NCc2cccc(CNC(=O)c3cc(C(=O)O)n4c(O)cnc4n3)c2)c(=O)c1=O. The summed E-state index contributed by atoms with van der Waals surface area (Å²) in [6, 6.07) is 15.2. The molecule has 0 aliphatic carbocycles. The Bertz CT molecular complexity index is 1930. The number of aromatic carboxylic acids is 1. The number of imidazole rings is 1. The van der Waals surface area contributed by atoms with Crippen molar-refractivity contribution >= 4 is 35.0 Å². The van der Waals surface area contributed by atoms with Gasteiger partial charge in [-0.05, 0) is 28.8 Å². The predicted molar refractivity (Wildman–Crippen MR) is 165 cm³/mol. The summed E-state index contributed by atoms with van der Waals surface area (Å²) < 4.78 is 5.45. The number of anilines is 2. The highest BCUT2D eigenvalue weighted by atomic mass is 16.5. The van der Waals surface area contributed by atoms with Gasteiger partial charge in [-0.2, -0.15) is 0 Å². The number of aromatic hydroxyl groups is 1. The van der Waals surface area contributed by atoms with Gasteiger partial charge in [-0.25, -0.2) is 24.0 Å². The topological polar surface area (TPSA) is 241 Å². The van der Waals surface area contributed by atoms with Crippen molar-refractivity contribution in [3.8, 4) is 5.88 Å². The number of rotatable bonds is 9. The first-order valence-corrected chi connectivity index (χ1v) is 12.9. The van der Waals surface area contributed by atoms with Gasteiger partial charge >= 0.3 is 11.9 Å². The molecule has 0 unspecified atom stereocenters. The third-order valence-electron chi connectivity index (χ3n) is 6.38. The van der Waals surface area contributed by atoms with Crippen molar-refractivity contribution in [3.63, 3.8) is 0 Å². The zero-order valence-electron chi connectivity index (χ0n) is 23.2. The van der Waals surface area contributed by atoms with Gasteiger partial charge in [-0.3, -0.25) is 14.4 Å². The first kappa shape index (κ1) is 33.4. The highest BCUT2D eigenvalue weighted by Gasteiger charge is 2.19. The van der Waals surface area contributed by atoms with Crippen LogP contribution >= 0.6 is 0 Å². The van der Waals surface area contributed by atoms with E-state index in [-0.39, 0.29) is 55.0 Å². The minimum absolute atomic E-state index is 0. The van der Waals surface area contributed by atoms with Gasteiger partial charge in [-0.1, -0.05) is 43.8 Å². The first-order chi connectivity index (χ1) is 21.0. The van der Waals surface area contributed by atoms with E-state index in [4.69, 9.17) is 11.5 Å². The fraction of sp³-hybridized carbons (Fsp3) is 0.167. The molecule has 0 saturated heterocycles. The van der Waals surface area contributed by atoms with E-state index in [0.717, 1.165) is 33.4 Å². The molecule has 0 fully saturated rings. The highest BCUT2D eigenvalue weighted by Crippen LogP contribution is 2.16. The number of carboxylic acids is 1. The molecule has 0 aliphatic heterocycles. The van der Waals surface area contributed by atoms with Gasteiger partial charge in [0.25, 0.3) is 16.8 Å². The highest BCUT2D eigenvalue weighted by molar-refractivity contribution is 5.96. The predicted octanol–water partition coefficient (Wildman–Crippen LogP) is 1.42. The van der Waals surface area contributed by atoms with Crippen molar-refractivity contribution in [2.24, 2.45) is 5.73 Å². The van der Waals surface area contributed by atoms with Crippen LogP contribution in [0.2, 0.25) is 0 Å². The van der Waals surface area contributed by atoms with Gasteiger partial charge in [0.1, 0.15) is 22.8 Å². The number of aromatic nitrogens is 3. The smallest absolute Gasteiger partial charge is 0.353 e. The molecule has 1 amide bonds. The summed E-state index contributed by atoms with van der Waals surface area (Å²) in [6.07, 6.45) is 1.03. The standard InChI is InChI=1S/C20H16N6O6.C9H11NO2.CH4/c21-14-15(17(29)16(14)28)22-6-9-2-1-3-10(4-9)7-23-18(30)11-5-12(19(31)32)26-13(27)8-24-20(26)25-11;1-12-9(11)8-4-2-7(6-10)3-5-8;/h1-5,8,22,27H,6-7,21H2,(H,23,30)(H,31,32);2-5H,6,10H2,1H3;1H4. The largest absolute Gasteiger partial charge is 0.493 e. The van der Waals surface area contributed by atoms with Crippen molar-refractivity contribution in [1.29, 1.82) is 0 Å². The Balaban J connectivity index is 0.000000359. The van der Waals surface area contributed by atoms with Crippen LogP contribution in [0.25, 0.3) is 5.78 Å². The monoisotopic (exact) mass is 617 g/mol. The van der Waals surface area contributed by atoms with Crippen LogP contribution in [0.3, 0.4) is 0 Å². The molecule has 45 heavy (non-hydrogen) atoms. The van der Waals surface area contributed by atoms with Crippen LogP contribution in [-0.4, -0.2) is 49.5 Å². The van der Waals surface area contributed by atoms with Crippen molar-refractivity contribution < 1.29 is 29.3 Å². The number of methoxy groups -OCH3 is 1. The summed E-state index contributed by atoms with van der Waals surface area (Å²) in [6.45, 7) is 0.853. The zero-order valence-corrected chi connectivity index (χ0v) is 23.2. The number of esters is 1. The third kappa shape index (κ3) is 7.47. The van der Waals surface area contributed by atoms with Crippen molar-refractivity contribution in [2.45, 2.75) is 27.1 Å². The molecular weight excluding hydrogens is 586 g/mol. The van der Waals surface area contributed by atoms with Crippen LogP contribution in [0.15, 0.2) is 70.4 Å². The van der Waals surface area contributed by atoms with Crippen molar-refractivity contribution in [1.82, 2.24) is 19.7 Å². The fourth-order valence-corrected chi connectivity index (χ4v) is 4.04. The molecule has 3 aromatic carbocycles. The number of ether oxygens (including phenoxy) is 1. The molecule has 2 heterocycles. The Kier molecular flexibility index (Phi) is 10.7. The molecule has 0 bridgehead atoms. The summed E-state index contributed by atoms with van der Waals surface area (Å²) >= 11 is 0. The second-order valence-electron chi connectivity index (χ2n) is 9.28. The maximum atomic E-state index is 12.5. The van der Waals surface area contributed by atoms with Gasteiger partial charge < -0.3 is 37.1 Å². The molecule has 0 aliphatic rings. The number of nitrogens with one attached hydrogen (secondary N) is 2. The quantitative estimate of drug-likeness (QED) is 0.101. The minimum Gasteiger partial charge on any atom is -0.493 e. The van der Waals surface area contributed by atoms with Gasteiger partial charge in [0.2, 0.25) is 11.7 Å². The molecule has 2 aromatic heterocycles. The molecule has 5 rings (SSSR count). The fourth-order valence-electron chi connectivity index (χ4n) is 4.04. The lowest BCUT2D eigenvalue weighted by Crippen LogP contribution is -2.36. The molecular formula is C30H31N7O8. The minimum atomic E-state index is -1.36. The number of hydrogen-bond acceptors (Lipinski definition) is 12. The number of carbonyl (C=O) groups is 3. The summed E-state index contributed by atoms with van der Waals surface area (Å²) in [5.74, 6) is -2.84. The maximum Gasteiger partial charge on any atom is 0.353 e. The van der Waals surface area contributed by atoms with E-state index in [9.17, 15) is 34.2 Å². The molecule has 0 atom stereocenters. The van der Waals surface area contributed by atoms with Crippen LogP contribution in [0.5, 0.6) is 5.88 Å². The Morgan fingerprint density at radius 1 is 0.978 bits per heavy atom. The lowest BCUT2D eigenvalue weighted by molar-refractivity contribution is 0.0599. The zero-order chi connectivity index (χ0) is 32.0. The molecule has 15 heteroatoms. The summed E-state index contributed by atoms with van der Waals surface area (Å²) in [5.41, 5.74) is 12.1. The summed E-state index contributed by atoms with van der Waals surface area (Å²) in [4.78, 5) is 65.4. The van der Waals surface area contributed by atoms with Crippen molar-refractivity contribution in [2.75, 3.05) is 18.2 Å². The second-order valence-corrected chi connectivity index (χ2v) is 9.28. The van der Waals surface area contributed by atoms with Crippen molar-refractivity contribution in [3.05, 3.63) is 115 Å². The Morgan fingerprint density at radius 3 is 2.24 bits per heavy atom.